The van der Waals surface area contributed by atoms with Crippen molar-refractivity contribution in [3.8, 4) is 0 Å². The van der Waals surface area contributed by atoms with Gasteiger partial charge >= 0.3 is 6.00 Å². The van der Waals surface area contributed by atoms with Crippen LogP contribution in [-0.2, 0) is 6.04 Å². The van der Waals surface area contributed by atoms with Crippen LogP contribution in [0.2, 0.25) is 0 Å². The lowest BCUT2D eigenvalue weighted by Crippen LogP contribution is -2.15. The second kappa shape index (κ2) is 5.59. The third-order valence-electron chi connectivity index (χ3n) is 1.85. The summed E-state index contributed by atoms with van der Waals surface area (Å²) in [7, 11) is 0. The predicted molar refractivity (Wildman–Crippen MR) is 81.3 cm³/mol. The van der Waals surface area contributed by atoms with E-state index in [1.165, 1.54) is 0 Å². The second-order valence-corrected chi connectivity index (χ2v) is 14.6. The van der Waals surface area contributed by atoms with E-state index < -0.39 is 6.00 Å². The van der Waals surface area contributed by atoms with Crippen molar-refractivity contribution >= 4 is 87.0 Å². The first kappa shape index (κ1) is 14.8. The fourth-order valence-electron chi connectivity index (χ4n) is 1.08. The Morgan fingerprint density at radius 1 is 1.13 bits per heavy atom. The molecular formula is C8H6Br3Cl3Si. The van der Waals surface area contributed by atoms with Gasteiger partial charge in [-0.3, -0.25) is 0 Å². The molecular weight excluding hydrogens is 470 g/mol. The summed E-state index contributed by atoms with van der Waals surface area (Å²) in [5, 5.41) is 0. The largest absolute Gasteiger partial charge is 0.345 e. The Kier molecular flexibility index (Phi) is 5.52. The molecule has 0 amide bonds. The van der Waals surface area contributed by atoms with Crippen LogP contribution >= 0.6 is 81.0 Å². The van der Waals surface area contributed by atoms with Crippen LogP contribution in [0.1, 0.15) is 11.1 Å². The normalized spacial score (nSPS) is 11.9. The van der Waals surface area contributed by atoms with Crippen molar-refractivity contribution in [1.29, 1.82) is 0 Å². The maximum absolute atomic E-state index is 5.90. The fourth-order valence-corrected chi connectivity index (χ4v) is 5.11. The maximum atomic E-state index is 5.90. The van der Waals surface area contributed by atoms with Gasteiger partial charge in [0.1, 0.15) is 0 Å². The van der Waals surface area contributed by atoms with E-state index in [0.717, 1.165) is 24.5 Å². The Morgan fingerprint density at radius 3 is 2.13 bits per heavy atom. The van der Waals surface area contributed by atoms with Gasteiger partial charge in [-0.1, -0.05) is 15.9 Å². The van der Waals surface area contributed by atoms with Crippen molar-refractivity contribution in [3.05, 3.63) is 30.6 Å². The molecule has 1 aromatic rings. The lowest BCUT2D eigenvalue weighted by molar-refractivity contribution is 1.27. The van der Waals surface area contributed by atoms with Gasteiger partial charge in [0.25, 0.3) is 0 Å². The summed E-state index contributed by atoms with van der Waals surface area (Å²) >= 11 is 28.2. The van der Waals surface area contributed by atoms with Crippen LogP contribution in [0.25, 0.3) is 0 Å². The van der Waals surface area contributed by atoms with Gasteiger partial charge < -0.3 is 0 Å². The van der Waals surface area contributed by atoms with Gasteiger partial charge in [0.05, 0.1) is 0 Å². The van der Waals surface area contributed by atoms with E-state index in [1.807, 2.05) is 13.0 Å². The van der Waals surface area contributed by atoms with E-state index in [-0.39, 0.29) is 0 Å². The van der Waals surface area contributed by atoms with Crippen molar-refractivity contribution in [2.75, 3.05) is 0 Å². The number of benzene rings is 1. The SMILES string of the molecule is Cc1c(Br)cc(C[Si](Cl)(Cl)Cl)c(Br)c1Br. The van der Waals surface area contributed by atoms with Gasteiger partial charge in [-0.05, 0) is 56.0 Å². The van der Waals surface area contributed by atoms with E-state index >= 15 is 0 Å². The van der Waals surface area contributed by atoms with Gasteiger partial charge in [0, 0.05) is 19.5 Å². The molecule has 1 rings (SSSR count). The van der Waals surface area contributed by atoms with Gasteiger partial charge in [-0.15, -0.1) is 33.2 Å². The highest BCUT2D eigenvalue weighted by molar-refractivity contribution is 9.13. The molecule has 0 bridgehead atoms. The van der Waals surface area contributed by atoms with Crippen molar-refractivity contribution in [2.45, 2.75) is 13.0 Å². The summed E-state index contributed by atoms with van der Waals surface area (Å²) < 4.78 is 2.97. The molecule has 0 N–H and O–H groups in total. The highest BCUT2D eigenvalue weighted by Crippen LogP contribution is 2.37. The molecule has 0 saturated heterocycles. The number of rotatable bonds is 2. The second-order valence-electron chi connectivity index (χ2n) is 3.06. The van der Waals surface area contributed by atoms with Crippen LogP contribution in [0, 0.1) is 6.92 Å². The molecule has 0 nitrogen and oxygen atoms in total. The molecule has 7 heteroatoms. The molecule has 0 saturated carbocycles. The molecule has 0 aliphatic rings. The summed E-state index contributed by atoms with van der Waals surface area (Å²) in [4.78, 5) is 0. The van der Waals surface area contributed by atoms with E-state index in [9.17, 15) is 0 Å². The Hall–Kier alpha value is 1.75. The van der Waals surface area contributed by atoms with Crippen LogP contribution in [0.4, 0.5) is 0 Å². The van der Waals surface area contributed by atoms with E-state index in [0.29, 0.717) is 6.04 Å². The van der Waals surface area contributed by atoms with Crippen LogP contribution in [-0.4, -0.2) is 6.00 Å². The minimum atomic E-state index is -2.65. The number of hydrogen-bond donors (Lipinski definition) is 0. The molecule has 0 aliphatic carbocycles. The molecule has 0 radical (unpaired) electrons. The van der Waals surface area contributed by atoms with E-state index in [4.69, 9.17) is 33.2 Å². The molecule has 84 valence electrons. The van der Waals surface area contributed by atoms with Crippen LogP contribution in [0.5, 0.6) is 0 Å². The molecule has 0 spiro atoms. The van der Waals surface area contributed by atoms with Crippen molar-refractivity contribution in [3.63, 3.8) is 0 Å². The van der Waals surface area contributed by atoms with Crippen LogP contribution in [0.3, 0.4) is 0 Å². The first-order valence-corrected chi connectivity index (χ1v) is 11.5. The molecule has 0 atom stereocenters. The lowest BCUT2D eigenvalue weighted by Gasteiger charge is -2.13. The predicted octanol–water partition coefficient (Wildman–Crippen LogP) is 6.02. The van der Waals surface area contributed by atoms with Crippen LogP contribution < -0.4 is 0 Å². The average molecular weight is 476 g/mol. The minimum Gasteiger partial charge on any atom is -0.126 e. The molecule has 1 aromatic carbocycles. The average Bonchev–Trinajstić information content (AvgIpc) is 2.08. The van der Waals surface area contributed by atoms with Gasteiger partial charge in [-0.25, -0.2) is 0 Å². The third-order valence-corrected chi connectivity index (χ3v) is 7.09. The number of hydrogen-bond acceptors (Lipinski definition) is 0. The standard InChI is InChI=1S/C8H6Br3Cl3Si/c1-4-6(9)2-5(3-15(12,13)14)8(11)7(4)10/h2H,3H2,1H3. The molecule has 0 heterocycles. The Labute approximate surface area is 129 Å². The summed E-state index contributed by atoms with van der Waals surface area (Å²) in [6.07, 6.45) is 0. The highest BCUT2D eigenvalue weighted by Gasteiger charge is 2.27. The Balaban J connectivity index is 3.21. The molecule has 0 aromatic heterocycles. The highest BCUT2D eigenvalue weighted by atomic mass is 79.9. The minimum absolute atomic E-state index is 0.496. The zero-order valence-corrected chi connectivity index (χ0v) is 15.6. The van der Waals surface area contributed by atoms with Gasteiger partial charge in [0.15, 0.2) is 0 Å². The summed E-state index contributed by atoms with van der Waals surface area (Å²) in [5.74, 6) is 0. The summed E-state index contributed by atoms with van der Waals surface area (Å²) in [6.45, 7) is 2.01. The Morgan fingerprint density at radius 2 is 1.67 bits per heavy atom. The zero-order valence-electron chi connectivity index (χ0n) is 7.55. The summed E-state index contributed by atoms with van der Waals surface area (Å²) in [6, 6.07) is -0.167. The fraction of sp³-hybridized carbons (Fsp3) is 0.250. The van der Waals surface area contributed by atoms with Crippen molar-refractivity contribution < 1.29 is 0 Å². The van der Waals surface area contributed by atoms with E-state index in [2.05, 4.69) is 47.8 Å². The summed E-state index contributed by atoms with van der Waals surface area (Å²) in [5.41, 5.74) is 2.13. The van der Waals surface area contributed by atoms with Gasteiger partial charge in [0.2, 0.25) is 0 Å². The first-order valence-electron chi connectivity index (χ1n) is 3.92. The first-order chi connectivity index (χ1) is 6.72. The monoisotopic (exact) mass is 472 g/mol. The maximum Gasteiger partial charge on any atom is 0.345 e. The topological polar surface area (TPSA) is 0 Å². The smallest absolute Gasteiger partial charge is 0.126 e. The molecule has 0 unspecified atom stereocenters. The van der Waals surface area contributed by atoms with Gasteiger partial charge in [-0.2, -0.15) is 0 Å². The number of halogens is 6. The van der Waals surface area contributed by atoms with E-state index in [1.54, 1.807) is 0 Å². The molecule has 0 aliphatic heterocycles. The van der Waals surface area contributed by atoms with Crippen molar-refractivity contribution in [2.24, 2.45) is 0 Å². The quantitative estimate of drug-likeness (QED) is 0.278. The molecule has 0 fully saturated rings. The molecule has 15 heavy (non-hydrogen) atoms. The lowest BCUT2D eigenvalue weighted by atomic mass is 10.2. The Bertz CT molecular complexity index is 390. The van der Waals surface area contributed by atoms with Crippen LogP contribution in [0.15, 0.2) is 19.5 Å². The van der Waals surface area contributed by atoms with Crippen molar-refractivity contribution in [1.82, 2.24) is 0 Å². The zero-order chi connectivity index (χ0) is 11.8. The third kappa shape index (κ3) is 4.16.